The highest BCUT2D eigenvalue weighted by Gasteiger charge is 2.38. The molecule has 2 heterocycles. The molecular formula is C19H23ClN4O2. The predicted octanol–water partition coefficient (Wildman–Crippen LogP) is 2.90. The first-order chi connectivity index (χ1) is 12.2. The summed E-state index contributed by atoms with van der Waals surface area (Å²) in [6, 6.07) is 11.4. The zero-order chi connectivity index (χ0) is 17.2. The van der Waals surface area contributed by atoms with Gasteiger partial charge in [0.1, 0.15) is 6.10 Å². The zero-order valence-electron chi connectivity index (χ0n) is 14.6. The summed E-state index contributed by atoms with van der Waals surface area (Å²) < 4.78 is 6.02. The number of anilines is 1. The number of amides is 1. The number of rotatable bonds is 4. The molecule has 138 valence electrons. The summed E-state index contributed by atoms with van der Waals surface area (Å²) in [7, 11) is 0. The molecule has 4 rings (SSSR count). The average Bonchev–Trinajstić information content (AvgIpc) is 3.17. The maximum Gasteiger partial charge on any atom is 0.233 e. The highest BCUT2D eigenvalue weighted by Crippen LogP contribution is 2.36. The monoisotopic (exact) mass is 374 g/mol. The third-order valence-electron chi connectivity index (χ3n) is 5.04. The van der Waals surface area contributed by atoms with E-state index in [1.54, 1.807) is 0 Å². The van der Waals surface area contributed by atoms with Gasteiger partial charge in [0.25, 0.3) is 0 Å². The summed E-state index contributed by atoms with van der Waals surface area (Å²) in [4.78, 5) is 11.1. The van der Waals surface area contributed by atoms with E-state index >= 15 is 0 Å². The minimum Gasteiger partial charge on any atom is -0.473 e. The predicted molar refractivity (Wildman–Crippen MR) is 103 cm³/mol. The Hall–Kier alpha value is -2.18. The van der Waals surface area contributed by atoms with Crippen LogP contribution in [0.4, 0.5) is 5.69 Å². The van der Waals surface area contributed by atoms with E-state index < -0.39 is 0 Å². The number of hydrogen-bond donors (Lipinski definition) is 2. The molecule has 1 saturated heterocycles. The van der Waals surface area contributed by atoms with Crippen LogP contribution >= 0.6 is 12.4 Å². The van der Waals surface area contributed by atoms with Gasteiger partial charge in [-0.2, -0.15) is 0 Å². The number of carbonyl (C=O) groups excluding carboxylic acids is 1. The van der Waals surface area contributed by atoms with Gasteiger partial charge >= 0.3 is 0 Å². The number of hydrogen-bond acceptors (Lipinski definition) is 5. The molecule has 0 bridgehead atoms. The molecule has 26 heavy (non-hydrogen) atoms. The number of benzene rings is 1. The van der Waals surface area contributed by atoms with Gasteiger partial charge in [0.2, 0.25) is 11.8 Å². The second-order valence-corrected chi connectivity index (χ2v) is 6.91. The van der Waals surface area contributed by atoms with Crippen LogP contribution in [0.15, 0.2) is 36.4 Å². The molecule has 0 unspecified atom stereocenters. The SMILES string of the molecule is CC(=O)Nc1ccc(-c2ccc(O[C@H]3C[C@H]4CNC[C@H]4C3)nn2)cc1.Cl. The first-order valence-electron chi connectivity index (χ1n) is 8.76. The molecule has 2 fully saturated rings. The van der Waals surface area contributed by atoms with E-state index in [4.69, 9.17) is 4.74 Å². The Bertz CT molecular complexity index is 739. The highest BCUT2D eigenvalue weighted by molar-refractivity contribution is 5.88. The lowest BCUT2D eigenvalue weighted by Gasteiger charge is -2.13. The smallest absolute Gasteiger partial charge is 0.233 e. The van der Waals surface area contributed by atoms with Gasteiger partial charge in [0.05, 0.1) is 5.69 Å². The lowest BCUT2D eigenvalue weighted by atomic mass is 10.0. The molecule has 2 aromatic rings. The number of halogens is 1. The zero-order valence-corrected chi connectivity index (χ0v) is 15.5. The van der Waals surface area contributed by atoms with Crippen molar-refractivity contribution < 1.29 is 9.53 Å². The molecule has 1 aliphatic carbocycles. The molecule has 6 nitrogen and oxygen atoms in total. The van der Waals surface area contributed by atoms with E-state index in [0.29, 0.717) is 5.88 Å². The van der Waals surface area contributed by atoms with E-state index in [2.05, 4.69) is 20.8 Å². The fourth-order valence-electron chi connectivity index (χ4n) is 3.84. The van der Waals surface area contributed by atoms with Crippen LogP contribution in [0.2, 0.25) is 0 Å². The van der Waals surface area contributed by atoms with Gasteiger partial charge in [-0.3, -0.25) is 4.79 Å². The van der Waals surface area contributed by atoms with Crippen LogP contribution < -0.4 is 15.4 Å². The number of nitrogens with one attached hydrogen (secondary N) is 2. The van der Waals surface area contributed by atoms with Crippen molar-refractivity contribution in [2.75, 3.05) is 18.4 Å². The van der Waals surface area contributed by atoms with E-state index in [1.165, 1.54) is 6.92 Å². The van der Waals surface area contributed by atoms with Crippen molar-refractivity contribution in [3.05, 3.63) is 36.4 Å². The van der Waals surface area contributed by atoms with Gasteiger partial charge in [-0.1, -0.05) is 12.1 Å². The molecule has 0 radical (unpaired) electrons. The Morgan fingerprint density at radius 1 is 1.08 bits per heavy atom. The van der Waals surface area contributed by atoms with Crippen LogP contribution in [0.5, 0.6) is 5.88 Å². The molecule has 1 aromatic heterocycles. The van der Waals surface area contributed by atoms with Gasteiger partial charge in [-0.05, 0) is 56.0 Å². The van der Waals surface area contributed by atoms with Gasteiger partial charge in [-0.15, -0.1) is 22.6 Å². The summed E-state index contributed by atoms with van der Waals surface area (Å²) in [5.74, 6) is 2.01. The Kier molecular flexibility index (Phi) is 5.74. The normalized spacial score (nSPS) is 23.8. The topological polar surface area (TPSA) is 76.1 Å². The van der Waals surface area contributed by atoms with Crippen molar-refractivity contribution in [1.82, 2.24) is 15.5 Å². The third-order valence-corrected chi connectivity index (χ3v) is 5.04. The molecular weight excluding hydrogens is 352 g/mol. The Morgan fingerprint density at radius 2 is 1.77 bits per heavy atom. The van der Waals surface area contributed by atoms with Crippen molar-refractivity contribution in [3.8, 4) is 17.1 Å². The van der Waals surface area contributed by atoms with Crippen molar-refractivity contribution in [2.45, 2.75) is 25.9 Å². The highest BCUT2D eigenvalue weighted by atomic mass is 35.5. The summed E-state index contributed by atoms with van der Waals surface area (Å²) in [6.07, 6.45) is 2.46. The minimum absolute atomic E-state index is 0. The average molecular weight is 375 g/mol. The molecule has 2 aliphatic rings. The molecule has 1 aromatic carbocycles. The summed E-state index contributed by atoms with van der Waals surface area (Å²) in [6.45, 7) is 3.72. The van der Waals surface area contributed by atoms with Crippen molar-refractivity contribution in [3.63, 3.8) is 0 Å². The minimum atomic E-state index is -0.0825. The molecule has 1 saturated carbocycles. The van der Waals surface area contributed by atoms with Gasteiger partial charge in [0, 0.05) is 24.2 Å². The second-order valence-electron chi connectivity index (χ2n) is 6.91. The number of ether oxygens (including phenoxy) is 1. The van der Waals surface area contributed by atoms with Crippen LogP contribution in [0.1, 0.15) is 19.8 Å². The number of carbonyl (C=O) groups is 1. The molecule has 7 heteroatoms. The van der Waals surface area contributed by atoms with Gasteiger partial charge < -0.3 is 15.4 Å². The standard InChI is InChI=1S/C19H22N4O2.ClH/c1-12(24)21-16-4-2-13(3-5-16)18-6-7-19(23-22-18)25-17-8-14-10-20-11-15(14)9-17;/h2-7,14-15,17,20H,8-11H2,1H3,(H,21,24);1H/t14-,15+,17-;. The summed E-state index contributed by atoms with van der Waals surface area (Å²) >= 11 is 0. The van der Waals surface area contributed by atoms with Crippen LogP contribution in [0.25, 0.3) is 11.3 Å². The molecule has 1 amide bonds. The first-order valence-corrected chi connectivity index (χ1v) is 8.76. The Morgan fingerprint density at radius 3 is 2.35 bits per heavy atom. The maximum atomic E-state index is 11.1. The van der Waals surface area contributed by atoms with E-state index in [1.807, 2.05) is 36.4 Å². The number of nitrogens with zero attached hydrogens (tertiary/aromatic N) is 2. The fraction of sp³-hybridized carbons (Fsp3) is 0.421. The maximum absolute atomic E-state index is 11.1. The summed E-state index contributed by atoms with van der Waals surface area (Å²) in [5.41, 5.74) is 2.51. The van der Waals surface area contributed by atoms with Crippen LogP contribution in [-0.2, 0) is 4.79 Å². The molecule has 0 spiro atoms. The number of fused-ring (bicyclic) bond motifs is 1. The lowest BCUT2D eigenvalue weighted by molar-refractivity contribution is -0.114. The second kappa shape index (κ2) is 8.01. The fourth-order valence-corrected chi connectivity index (χ4v) is 3.84. The Balaban J connectivity index is 0.00000196. The van der Waals surface area contributed by atoms with Crippen LogP contribution in [0.3, 0.4) is 0 Å². The number of aromatic nitrogens is 2. The van der Waals surface area contributed by atoms with Crippen molar-refractivity contribution in [1.29, 1.82) is 0 Å². The quantitative estimate of drug-likeness (QED) is 0.860. The first kappa shape index (κ1) is 18.6. The molecule has 3 atom stereocenters. The molecule has 1 aliphatic heterocycles. The van der Waals surface area contributed by atoms with Crippen LogP contribution in [0, 0.1) is 11.8 Å². The molecule has 2 N–H and O–H groups in total. The van der Waals surface area contributed by atoms with Crippen LogP contribution in [-0.4, -0.2) is 35.3 Å². The lowest BCUT2D eigenvalue weighted by Crippen LogP contribution is -2.19. The van der Waals surface area contributed by atoms with Gasteiger partial charge in [-0.25, -0.2) is 0 Å². The van der Waals surface area contributed by atoms with Crippen molar-refractivity contribution in [2.24, 2.45) is 11.8 Å². The summed E-state index contributed by atoms with van der Waals surface area (Å²) in [5, 5.41) is 14.7. The van der Waals surface area contributed by atoms with Crippen molar-refractivity contribution >= 4 is 24.0 Å². The third kappa shape index (κ3) is 4.14. The van der Waals surface area contributed by atoms with Gasteiger partial charge in [0.15, 0.2) is 0 Å². The largest absolute Gasteiger partial charge is 0.473 e. The van der Waals surface area contributed by atoms with E-state index in [-0.39, 0.29) is 24.4 Å². The van der Waals surface area contributed by atoms with E-state index in [0.717, 1.165) is 54.7 Å². The Labute approximate surface area is 159 Å². The van der Waals surface area contributed by atoms with E-state index in [9.17, 15) is 4.79 Å².